The third kappa shape index (κ3) is 4.55. The Labute approximate surface area is 130 Å². The molecule has 0 spiro atoms. The van der Waals surface area contributed by atoms with Crippen molar-refractivity contribution in [2.75, 3.05) is 0 Å². The molecule has 2 N–H and O–H groups in total. The van der Waals surface area contributed by atoms with E-state index in [4.69, 9.17) is 19.7 Å². The topological polar surface area (TPSA) is 168 Å². The molecule has 0 amide bonds. The standard InChI is InChI=1S/C12H17N3O8/c1-4(16)21-10-7(14-15-13)8(19)9(20)11(22-5(2)17)12(10)23-6(3)18/h7-12,19-20H,1-3H3/t7-,8-,9-,10+,11-,12-/m0/s1. The third-order valence-electron chi connectivity index (χ3n) is 3.11. The fourth-order valence-corrected chi connectivity index (χ4v) is 2.34. The summed E-state index contributed by atoms with van der Waals surface area (Å²) < 4.78 is 14.8. The van der Waals surface area contributed by atoms with Crippen molar-refractivity contribution >= 4 is 17.9 Å². The first kappa shape index (κ1) is 18.7. The smallest absolute Gasteiger partial charge is 0.303 e. The Morgan fingerprint density at radius 2 is 1.30 bits per heavy atom. The maximum Gasteiger partial charge on any atom is 0.303 e. The highest BCUT2D eigenvalue weighted by atomic mass is 16.6. The van der Waals surface area contributed by atoms with Crippen LogP contribution < -0.4 is 0 Å². The molecule has 0 bridgehead atoms. The van der Waals surface area contributed by atoms with Crippen LogP contribution in [-0.4, -0.2) is 64.7 Å². The van der Waals surface area contributed by atoms with Crippen LogP contribution in [0.3, 0.4) is 0 Å². The maximum atomic E-state index is 11.3. The molecule has 1 aliphatic carbocycles. The first-order valence-electron chi connectivity index (χ1n) is 6.61. The zero-order valence-electron chi connectivity index (χ0n) is 12.6. The summed E-state index contributed by atoms with van der Waals surface area (Å²) >= 11 is 0. The lowest BCUT2D eigenvalue weighted by Gasteiger charge is -2.44. The van der Waals surface area contributed by atoms with Crippen LogP contribution in [0.2, 0.25) is 0 Å². The van der Waals surface area contributed by atoms with Crippen LogP contribution in [0.15, 0.2) is 5.11 Å². The van der Waals surface area contributed by atoms with Gasteiger partial charge in [-0.25, -0.2) is 0 Å². The number of hydrogen-bond donors (Lipinski definition) is 2. The predicted molar refractivity (Wildman–Crippen MR) is 71.6 cm³/mol. The number of carbonyl (C=O) groups is 3. The summed E-state index contributed by atoms with van der Waals surface area (Å²) in [6.07, 6.45) is -7.80. The number of carbonyl (C=O) groups excluding carboxylic acids is 3. The average Bonchev–Trinajstić information content (AvgIpc) is 2.42. The first-order valence-corrected chi connectivity index (χ1v) is 6.61. The van der Waals surface area contributed by atoms with Crippen molar-refractivity contribution in [1.29, 1.82) is 0 Å². The Bertz CT molecular complexity index is 532. The van der Waals surface area contributed by atoms with E-state index >= 15 is 0 Å². The Kier molecular flexibility index (Phi) is 6.31. The van der Waals surface area contributed by atoms with Gasteiger partial charge >= 0.3 is 17.9 Å². The number of azide groups is 1. The van der Waals surface area contributed by atoms with Crippen LogP contribution in [0, 0.1) is 0 Å². The lowest BCUT2D eigenvalue weighted by molar-refractivity contribution is -0.223. The molecule has 128 valence electrons. The largest absolute Gasteiger partial charge is 0.458 e. The van der Waals surface area contributed by atoms with Crippen molar-refractivity contribution < 1.29 is 38.8 Å². The van der Waals surface area contributed by atoms with Gasteiger partial charge in [0.25, 0.3) is 0 Å². The SMILES string of the molecule is CC(=O)O[C@H]1[C@H](OC(C)=O)[C@@H](N=[N+]=[N-])[C@H](O)[C@H](O)[C@@H]1OC(C)=O. The lowest BCUT2D eigenvalue weighted by Crippen LogP contribution is -2.65. The molecule has 0 heterocycles. The van der Waals surface area contributed by atoms with Gasteiger partial charge in [0.05, 0.1) is 6.10 Å². The summed E-state index contributed by atoms with van der Waals surface area (Å²) in [5, 5.41) is 23.4. The number of esters is 3. The first-order chi connectivity index (χ1) is 10.7. The summed E-state index contributed by atoms with van der Waals surface area (Å²) in [6, 6.07) is -1.44. The van der Waals surface area contributed by atoms with Crippen molar-refractivity contribution in [1.82, 2.24) is 0 Å². The predicted octanol–water partition coefficient (Wildman–Crippen LogP) is -0.804. The molecule has 0 radical (unpaired) electrons. The summed E-state index contributed by atoms with van der Waals surface area (Å²) in [5.41, 5.74) is 8.59. The van der Waals surface area contributed by atoms with Gasteiger partial charge in [-0.15, -0.1) is 0 Å². The van der Waals surface area contributed by atoms with Gasteiger partial charge in [0.15, 0.2) is 18.3 Å². The molecule has 23 heavy (non-hydrogen) atoms. The Balaban J connectivity index is 3.30. The average molecular weight is 331 g/mol. The maximum absolute atomic E-state index is 11.3. The van der Waals surface area contributed by atoms with E-state index in [2.05, 4.69) is 10.0 Å². The van der Waals surface area contributed by atoms with Crippen LogP contribution in [0.1, 0.15) is 20.8 Å². The molecule has 0 unspecified atom stereocenters. The number of aliphatic hydroxyl groups excluding tert-OH is 2. The van der Waals surface area contributed by atoms with E-state index in [1.807, 2.05) is 0 Å². The second-order valence-electron chi connectivity index (χ2n) is 4.90. The minimum Gasteiger partial charge on any atom is -0.458 e. The summed E-state index contributed by atoms with van der Waals surface area (Å²) in [4.78, 5) is 36.2. The zero-order valence-corrected chi connectivity index (χ0v) is 12.6. The Morgan fingerprint density at radius 3 is 1.74 bits per heavy atom. The highest BCUT2D eigenvalue weighted by Crippen LogP contribution is 2.30. The molecule has 11 nitrogen and oxygen atoms in total. The minimum atomic E-state index is -1.72. The number of ether oxygens (including phenoxy) is 3. The molecule has 1 aliphatic rings. The number of hydrogen-bond acceptors (Lipinski definition) is 9. The van der Waals surface area contributed by atoms with E-state index in [9.17, 15) is 24.6 Å². The van der Waals surface area contributed by atoms with Crippen LogP contribution in [0.5, 0.6) is 0 Å². The van der Waals surface area contributed by atoms with Crippen molar-refractivity contribution in [2.45, 2.75) is 57.3 Å². The minimum absolute atomic E-state index is 0.810. The van der Waals surface area contributed by atoms with Crippen LogP contribution in [0.25, 0.3) is 10.4 Å². The molecule has 1 fully saturated rings. The fraction of sp³-hybridized carbons (Fsp3) is 0.750. The monoisotopic (exact) mass is 331 g/mol. The van der Waals surface area contributed by atoms with Crippen LogP contribution in [-0.2, 0) is 28.6 Å². The molecule has 0 saturated heterocycles. The molecule has 0 aliphatic heterocycles. The fourth-order valence-electron chi connectivity index (χ4n) is 2.34. The van der Waals surface area contributed by atoms with E-state index in [-0.39, 0.29) is 0 Å². The van der Waals surface area contributed by atoms with Crippen molar-refractivity contribution in [3.63, 3.8) is 0 Å². The molecule has 0 aromatic carbocycles. The van der Waals surface area contributed by atoms with E-state index in [1.165, 1.54) is 0 Å². The molecule has 1 saturated carbocycles. The Hall–Kier alpha value is -2.36. The van der Waals surface area contributed by atoms with Gasteiger partial charge in [-0.3, -0.25) is 14.4 Å². The summed E-state index contributed by atoms with van der Waals surface area (Å²) in [6.45, 7) is 3.15. The molecule has 0 aromatic rings. The van der Waals surface area contributed by atoms with Crippen LogP contribution >= 0.6 is 0 Å². The Morgan fingerprint density at radius 1 is 0.870 bits per heavy atom. The number of nitrogens with zero attached hydrogens (tertiary/aromatic N) is 3. The molecule has 1 rings (SSSR count). The third-order valence-corrected chi connectivity index (χ3v) is 3.11. The normalized spacial score (nSPS) is 33.1. The van der Waals surface area contributed by atoms with Gasteiger partial charge in [0.1, 0.15) is 12.1 Å². The lowest BCUT2D eigenvalue weighted by atomic mass is 9.83. The van der Waals surface area contributed by atoms with E-state index in [0.717, 1.165) is 20.8 Å². The molecular weight excluding hydrogens is 314 g/mol. The number of rotatable bonds is 4. The van der Waals surface area contributed by atoms with Gasteiger partial charge in [0, 0.05) is 25.7 Å². The highest BCUT2D eigenvalue weighted by Gasteiger charge is 2.54. The van der Waals surface area contributed by atoms with Gasteiger partial charge in [-0.2, -0.15) is 0 Å². The zero-order chi connectivity index (χ0) is 17.7. The van der Waals surface area contributed by atoms with E-state index in [0.29, 0.717) is 0 Å². The van der Waals surface area contributed by atoms with Gasteiger partial charge in [-0.1, -0.05) is 5.11 Å². The summed E-state index contributed by atoms with van der Waals surface area (Å²) in [7, 11) is 0. The van der Waals surface area contributed by atoms with E-state index in [1.54, 1.807) is 0 Å². The molecule has 11 heteroatoms. The van der Waals surface area contributed by atoms with Crippen molar-refractivity contribution in [2.24, 2.45) is 5.11 Å². The molecule has 0 aromatic heterocycles. The molecular formula is C12H17N3O8. The second kappa shape index (κ2) is 7.77. The van der Waals surface area contributed by atoms with Crippen LogP contribution in [0.4, 0.5) is 0 Å². The highest BCUT2D eigenvalue weighted by molar-refractivity contribution is 5.68. The van der Waals surface area contributed by atoms with Gasteiger partial charge in [0.2, 0.25) is 0 Å². The van der Waals surface area contributed by atoms with Gasteiger partial charge < -0.3 is 24.4 Å². The van der Waals surface area contributed by atoms with E-state index < -0.39 is 54.5 Å². The number of aliphatic hydroxyl groups is 2. The quantitative estimate of drug-likeness (QED) is 0.222. The van der Waals surface area contributed by atoms with Gasteiger partial charge in [-0.05, 0) is 5.53 Å². The second-order valence-corrected chi connectivity index (χ2v) is 4.90. The van der Waals surface area contributed by atoms with Crippen molar-refractivity contribution in [3.05, 3.63) is 10.4 Å². The summed E-state index contributed by atoms with van der Waals surface area (Å²) in [5.74, 6) is -2.44. The van der Waals surface area contributed by atoms with Crippen molar-refractivity contribution in [3.8, 4) is 0 Å². The molecule has 6 atom stereocenters.